The zero-order valence-electron chi connectivity index (χ0n) is 10.1. The lowest BCUT2D eigenvalue weighted by Gasteiger charge is -2.20. The Hall–Kier alpha value is -1.94. The minimum Gasteiger partial charge on any atom is -0.488 e. The molecule has 0 aromatic heterocycles. The molecule has 2 N–H and O–H groups in total. The van der Waals surface area contributed by atoms with Crippen LogP contribution in [0.1, 0.15) is 17.2 Å². The highest BCUT2D eigenvalue weighted by atomic mass is 19.1. The van der Waals surface area contributed by atoms with Gasteiger partial charge in [-0.05, 0) is 23.8 Å². The topological polar surface area (TPSA) is 35.2 Å². The number of hydrogen-bond acceptors (Lipinski definition) is 2. The van der Waals surface area contributed by atoms with Gasteiger partial charge in [0.2, 0.25) is 0 Å². The molecule has 0 spiro atoms. The predicted octanol–water partition coefficient (Wildman–Crippen LogP) is 2.97. The molecule has 0 fully saturated rings. The van der Waals surface area contributed by atoms with Crippen LogP contribution in [-0.4, -0.2) is 6.10 Å². The van der Waals surface area contributed by atoms with Crippen LogP contribution in [0.4, 0.5) is 8.78 Å². The maximum atomic E-state index is 13.7. The van der Waals surface area contributed by atoms with Crippen molar-refractivity contribution >= 4 is 0 Å². The van der Waals surface area contributed by atoms with Crippen LogP contribution in [0, 0.1) is 11.6 Å². The molecule has 1 aliphatic rings. The number of halogens is 2. The monoisotopic (exact) mass is 261 g/mol. The molecule has 98 valence electrons. The Balaban J connectivity index is 1.89. The van der Waals surface area contributed by atoms with Gasteiger partial charge in [0.05, 0.1) is 6.04 Å². The van der Waals surface area contributed by atoms with Crippen LogP contribution in [0.3, 0.4) is 0 Å². The number of rotatable bonds is 2. The number of para-hydroxylation sites is 1. The molecule has 2 aromatic rings. The van der Waals surface area contributed by atoms with E-state index >= 15 is 0 Å². The molecule has 0 saturated heterocycles. The molecule has 4 heteroatoms. The van der Waals surface area contributed by atoms with Gasteiger partial charge in [0.25, 0.3) is 0 Å². The average Bonchev–Trinajstić information content (AvgIpc) is 2.82. The van der Waals surface area contributed by atoms with E-state index in [9.17, 15) is 8.78 Å². The molecule has 2 aromatic carbocycles. The Morgan fingerprint density at radius 1 is 1.05 bits per heavy atom. The molecule has 0 amide bonds. The van der Waals surface area contributed by atoms with E-state index in [-0.39, 0.29) is 5.56 Å². The maximum Gasteiger partial charge on any atom is 0.131 e. The molecule has 3 rings (SSSR count). The van der Waals surface area contributed by atoms with E-state index in [1.165, 1.54) is 18.2 Å². The standard InChI is InChI=1S/C15H13F2NO/c16-10-5-3-6-11(17)14(10)15(18)13-8-9-4-1-2-7-12(9)19-13/h1-7,13,15H,8,18H2. The summed E-state index contributed by atoms with van der Waals surface area (Å²) in [7, 11) is 0. The molecular weight excluding hydrogens is 248 g/mol. The number of fused-ring (bicyclic) bond motifs is 1. The first-order valence-electron chi connectivity index (χ1n) is 6.11. The molecule has 2 atom stereocenters. The van der Waals surface area contributed by atoms with E-state index in [0.717, 1.165) is 11.3 Å². The summed E-state index contributed by atoms with van der Waals surface area (Å²) in [5.41, 5.74) is 6.88. The van der Waals surface area contributed by atoms with Crippen LogP contribution in [0.5, 0.6) is 5.75 Å². The lowest BCUT2D eigenvalue weighted by atomic mass is 9.97. The zero-order valence-corrected chi connectivity index (χ0v) is 10.1. The van der Waals surface area contributed by atoms with Crippen molar-refractivity contribution in [2.75, 3.05) is 0 Å². The van der Waals surface area contributed by atoms with E-state index in [4.69, 9.17) is 10.5 Å². The Kier molecular flexibility index (Phi) is 2.95. The van der Waals surface area contributed by atoms with Crippen molar-refractivity contribution in [1.82, 2.24) is 0 Å². The van der Waals surface area contributed by atoms with Crippen molar-refractivity contribution in [2.24, 2.45) is 5.73 Å². The first kappa shape index (κ1) is 12.1. The second-order valence-electron chi connectivity index (χ2n) is 4.63. The molecule has 2 nitrogen and oxygen atoms in total. The van der Waals surface area contributed by atoms with Crippen LogP contribution < -0.4 is 10.5 Å². The quantitative estimate of drug-likeness (QED) is 0.902. The van der Waals surface area contributed by atoms with Gasteiger partial charge in [-0.2, -0.15) is 0 Å². The third-order valence-corrected chi connectivity index (χ3v) is 3.41. The van der Waals surface area contributed by atoms with Crippen molar-refractivity contribution in [3.63, 3.8) is 0 Å². The summed E-state index contributed by atoms with van der Waals surface area (Å²) in [4.78, 5) is 0. The van der Waals surface area contributed by atoms with Crippen LogP contribution in [0.15, 0.2) is 42.5 Å². The summed E-state index contributed by atoms with van der Waals surface area (Å²) >= 11 is 0. The highest BCUT2D eigenvalue weighted by Gasteiger charge is 2.31. The van der Waals surface area contributed by atoms with E-state index in [0.29, 0.717) is 6.42 Å². The Bertz CT molecular complexity index is 570. The van der Waals surface area contributed by atoms with Crippen molar-refractivity contribution in [1.29, 1.82) is 0 Å². The number of nitrogens with two attached hydrogens (primary N) is 1. The smallest absolute Gasteiger partial charge is 0.131 e. The largest absolute Gasteiger partial charge is 0.488 e. The van der Waals surface area contributed by atoms with Gasteiger partial charge in [-0.1, -0.05) is 24.3 Å². The van der Waals surface area contributed by atoms with Crippen molar-refractivity contribution in [3.8, 4) is 5.75 Å². The van der Waals surface area contributed by atoms with Crippen molar-refractivity contribution in [2.45, 2.75) is 18.6 Å². The van der Waals surface area contributed by atoms with Crippen LogP contribution in [0.2, 0.25) is 0 Å². The average molecular weight is 261 g/mol. The Morgan fingerprint density at radius 3 is 2.42 bits per heavy atom. The molecular formula is C15H13F2NO. The molecule has 1 aliphatic heterocycles. The molecule has 0 bridgehead atoms. The maximum absolute atomic E-state index is 13.7. The first-order valence-corrected chi connectivity index (χ1v) is 6.11. The molecule has 2 unspecified atom stereocenters. The molecule has 0 aliphatic carbocycles. The van der Waals surface area contributed by atoms with Crippen LogP contribution in [-0.2, 0) is 6.42 Å². The molecule has 0 radical (unpaired) electrons. The fraction of sp³-hybridized carbons (Fsp3) is 0.200. The van der Waals surface area contributed by atoms with Crippen molar-refractivity contribution < 1.29 is 13.5 Å². The Labute approximate surface area is 109 Å². The van der Waals surface area contributed by atoms with Gasteiger partial charge in [-0.15, -0.1) is 0 Å². The van der Waals surface area contributed by atoms with Gasteiger partial charge in [0, 0.05) is 12.0 Å². The summed E-state index contributed by atoms with van der Waals surface area (Å²) in [6.45, 7) is 0. The first-order chi connectivity index (χ1) is 9.16. The van der Waals surface area contributed by atoms with E-state index < -0.39 is 23.8 Å². The second kappa shape index (κ2) is 4.63. The Morgan fingerprint density at radius 2 is 1.74 bits per heavy atom. The van der Waals surface area contributed by atoms with Crippen molar-refractivity contribution in [3.05, 3.63) is 65.2 Å². The summed E-state index contributed by atoms with van der Waals surface area (Å²) < 4.78 is 33.1. The fourth-order valence-corrected chi connectivity index (χ4v) is 2.42. The normalized spacial score (nSPS) is 18.8. The van der Waals surface area contributed by atoms with Crippen LogP contribution in [0.25, 0.3) is 0 Å². The summed E-state index contributed by atoms with van der Waals surface area (Å²) in [6.07, 6.45) is 0.120. The molecule has 1 heterocycles. The lowest BCUT2D eigenvalue weighted by Crippen LogP contribution is -2.31. The number of benzene rings is 2. The van der Waals surface area contributed by atoms with E-state index in [2.05, 4.69) is 0 Å². The third-order valence-electron chi connectivity index (χ3n) is 3.41. The number of ether oxygens (including phenoxy) is 1. The zero-order chi connectivity index (χ0) is 13.4. The van der Waals surface area contributed by atoms with Gasteiger partial charge in [-0.3, -0.25) is 0 Å². The molecule has 0 saturated carbocycles. The minimum atomic E-state index is -0.825. The number of hydrogen-bond donors (Lipinski definition) is 1. The van der Waals surface area contributed by atoms with Gasteiger partial charge in [0.15, 0.2) is 0 Å². The lowest BCUT2D eigenvalue weighted by molar-refractivity contribution is 0.195. The van der Waals surface area contributed by atoms with Gasteiger partial charge >= 0.3 is 0 Å². The van der Waals surface area contributed by atoms with Crippen LogP contribution >= 0.6 is 0 Å². The highest BCUT2D eigenvalue weighted by Crippen LogP contribution is 2.34. The van der Waals surface area contributed by atoms with E-state index in [1.807, 2.05) is 24.3 Å². The highest BCUT2D eigenvalue weighted by molar-refractivity contribution is 5.38. The summed E-state index contributed by atoms with van der Waals surface area (Å²) in [5.74, 6) is -0.529. The minimum absolute atomic E-state index is 0.111. The van der Waals surface area contributed by atoms with Gasteiger partial charge < -0.3 is 10.5 Å². The third kappa shape index (κ3) is 2.08. The second-order valence-corrected chi connectivity index (χ2v) is 4.63. The van der Waals surface area contributed by atoms with Gasteiger partial charge in [-0.25, -0.2) is 8.78 Å². The van der Waals surface area contributed by atoms with Gasteiger partial charge in [0.1, 0.15) is 23.5 Å². The predicted molar refractivity (Wildman–Crippen MR) is 67.8 cm³/mol. The summed E-state index contributed by atoms with van der Waals surface area (Å²) in [5, 5.41) is 0. The summed E-state index contributed by atoms with van der Waals surface area (Å²) in [6, 6.07) is 10.4. The van der Waals surface area contributed by atoms with E-state index in [1.54, 1.807) is 0 Å². The molecule has 19 heavy (non-hydrogen) atoms. The SMILES string of the molecule is NC(c1c(F)cccc1F)C1Cc2ccccc2O1. The fourth-order valence-electron chi connectivity index (χ4n) is 2.42.